The Morgan fingerprint density at radius 1 is 1.00 bits per heavy atom. The van der Waals surface area contributed by atoms with E-state index in [0.29, 0.717) is 22.6 Å². The van der Waals surface area contributed by atoms with E-state index in [1.165, 1.54) is 0 Å². The highest BCUT2D eigenvalue weighted by Crippen LogP contribution is 2.34. The van der Waals surface area contributed by atoms with Gasteiger partial charge in [0.2, 0.25) is 15.0 Å². The van der Waals surface area contributed by atoms with Crippen LogP contribution in [0.3, 0.4) is 0 Å². The topological polar surface area (TPSA) is 52.0 Å². The first-order valence-corrected chi connectivity index (χ1v) is 11.3. The molecule has 0 N–H and O–H groups in total. The number of hydrogen-bond donors (Lipinski definition) is 0. The summed E-state index contributed by atoms with van der Waals surface area (Å²) in [6.07, 6.45) is 2.79. The van der Waals surface area contributed by atoms with Gasteiger partial charge in [0.25, 0.3) is 0 Å². The summed E-state index contributed by atoms with van der Waals surface area (Å²) in [6.45, 7) is 4.04. The van der Waals surface area contributed by atoms with Gasteiger partial charge in [0.15, 0.2) is 0 Å². The number of allylic oxidation sites excluding steroid dienone is 1. The minimum absolute atomic E-state index is 0.0139. The Hall–Kier alpha value is -2.89. The number of hydrogen-bond acceptors (Lipinski definition) is 3. The first-order chi connectivity index (χ1) is 13.9. The van der Waals surface area contributed by atoms with Gasteiger partial charge < -0.3 is 4.57 Å². The maximum atomic E-state index is 12.2. The van der Waals surface area contributed by atoms with Crippen LogP contribution in [0.15, 0.2) is 84.5 Å². The minimum atomic E-state index is -3.48. The van der Waals surface area contributed by atoms with Crippen molar-refractivity contribution in [3.63, 3.8) is 0 Å². The summed E-state index contributed by atoms with van der Waals surface area (Å²) in [6, 6.07) is 21.8. The molecular weight excluding hydrogens is 404 g/mol. The Balaban J connectivity index is 1.83. The number of aromatic nitrogens is 2. The van der Waals surface area contributed by atoms with Crippen molar-refractivity contribution in [3.8, 4) is 22.3 Å². The molecule has 0 aliphatic rings. The average molecular weight is 423 g/mol. The quantitative estimate of drug-likeness (QED) is 0.392. The number of nitrogens with zero attached hydrogens (tertiary/aromatic N) is 2. The van der Waals surface area contributed by atoms with Crippen molar-refractivity contribution in [2.24, 2.45) is 0 Å². The smallest absolute Gasteiger partial charge is 0.228 e. The Morgan fingerprint density at radius 2 is 1.62 bits per heavy atom. The second-order valence-electron chi connectivity index (χ2n) is 6.83. The first-order valence-electron chi connectivity index (χ1n) is 9.05. The lowest BCUT2D eigenvalue weighted by atomic mass is 10.00. The van der Waals surface area contributed by atoms with Gasteiger partial charge in [0, 0.05) is 18.4 Å². The Bertz CT molecular complexity index is 1310. The third-order valence-electron chi connectivity index (χ3n) is 4.75. The van der Waals surface area contributed by atoms with E-state index in [2.05, 4.69) is 23.7 Å². The molecule has 0 atom stereocenters. The third-order valence-corrected chi connectivity index (χ3v) is 6.04. The number of fused-ring (bicyclic) bond motifs is 1. The zero-order valence-electron chi connectivity index (χ0n) is 15.8. The second-order valence-corrected chi connectivity index (χ2v) is 9.15. The Morgan fingerprint density at radius 3 is 2.24 bits per heavy atom. The highest BCUT2D eigenvalue weighted by molar-refractivity contribution is 7.90. The van der Waals surface area contributed by atoms with E-state index in [4.69, 9.17) is 11.6 Å². The van der Waals surface area contributed by atoms with Gasteiger partial charge in [0.05, 0.1) is 16.1 Å². The summed E-state index contributed by atoms with van der Waals surface area (Å²) in [5, 5.41) is 0.551. The molecule has 1 heterocycles. The summed E-state index contributed by atoms with van der Waals surface area (Å²) in [7, 11) is -3.48. The van der Waals surface area contributed by atoms with Gasteiger partial charge >= 0.3 is 0 Å². The zero-order chi connectivity index (χ0) is 20.6. The molecule has 0 amide bonds. The molecule has 0 bridgehead atoms. The SMILES string of the molecule is C=CCn1c(S(C)(=O)=O)nc2cc(-c3ccc(-c4ccccc4)cc3)c(Cl)cc21. The van der Waals surface area contributed by atoms with Gasteiger partial charge in [-0.3, -0.25) is 0 Å². The third kappa shape index (κ3) is 3.71. The van der Waals surface area contributed by atoms with Crippen LogP contribution in [0.4, 0.5) is 0 Å². The summed E-state index contributed by atoms with van der Waals surface area (Å²) in [4.78, 5) is 4.36. The molecule has 4 rings (SSSR count). The van der Waals surface area contributed by atoms with Crippen LogP contribution >= 0.6 is 11.6 Å². The monoisotopic (exact) mass is 422 g/mol. The van der Waals surface area contributed by atoms with Gasteiger partial charge in [-0.15, -0.1) is 6.58 Å². The molecule has 0 aliphatic carbocycles. The first kappa shape index (κ1) is 19.4. The van der Waals surface area contributed by atoms with Gasteiger partial charge in [0.1, 0.15) is 0 Å². The lowest BCUT2D eigenvalue weighted by molar-refractivity contribution is 0.582. The number of sulfone groups is 1. The molecule has 146 valence electrons. The van der Waals surface area contributed by atoms with Crippen LogP contribution in [-0.2, 0) is 16.4 Å². The van der Waals surface area contributed by atoms with Crippen LogP contribution in [0.2, 0.25) is 5.02 Å². The average Bonchev–Trinajstić information content (AvgIpc) is 3.06. The predicted octanol–water partition coefficient (Wildman–Crippen LogP) is 5.61. The Labute approximate surface area is 175 Å². The number of benzene rings is 3. The summed E-state index contributed by atoms with van der Waals surface area (Å²) < 4.78 is 25.9. The van der Waals surface area contributed by atoms with Gasteiger partial charge in [-0.1, -0.05) is 72.3 Å². The molecule has 0 fully saturated rings. The maximum absolute atomic E-state index is 12.2. The number of rotatable bonds is 5. The fourth-order valence-electron chi connectivity index (χ4n) is 3.41. The van der Waals surface area contributed by atoms with Crippen LogP contribution in [-0.4, -0.2) is 24.2 Å². The van der Waals surface area contributed by atoms with Crippen molar-refractivity contribution >= 4 is 32.5 Å². The maximum Gasteiger partial charge on any atom is 0.228 e. The van der Waals surface area contributed by atoms with Crippen molar-refractivity contribution in [3.05, 3.63) is 84.4 Å². The summed E-state index contributed by atoms with van der Waals surface area (Å²) >= 11 is 6.57. The fourth-order valence-corrected chi connectivity index (χ4v) is 4.51. The van der Waals surface area contributed by atoms with Crippen LogP contribution in [0.1, 0.15) is 0 Å². The van der Waals surface area contributed by atoms with E-state index >= 15 is 0 Å². The van der Waals surface area contributed by atoms with Gasteiger partial charge in [-0.2, -0.15) is 0 Å². The van der Waals surface area contributed by atoms with Crippen molar-refractivity contribution in [2.75, 3.05) is 6.26 Å². The molecule has 4 aromatic rings. The standard InChI is InChI=1S/C23H19ClN2O2S/c1-3-13-26-22-15-20(24)19(14-21(22)25-23(26)29(2,27)28)18-11-9-17(10-12-18)16-7-5-4-6-8-16/h3-12,14-15H,1,13H2,2H3. The van der Waals surface area contributed by atoms with Crippen LogP contribution in [0.5, 0.6) is 0 Å². The Kier molecular flexibility index (Phi) is 5.03. The van der Waals surface area contributed by atoms with Crippen molar-refractivity contribution < 1.29 is 8.42 Å². The summed E-state index contributed by atoms with van der Waals surface area (Å²) in [5.74, 6) is 0. The molecule has 6 heteroatoms. The second kappa shape index (κ2) is 7.50. The number of imidazole rings is 1. The highest BCUT2D eigenvalue weighted by atomic mass is 35.5. The molecule has 0 saturated heterocycles. The van der Waals surface area contributed by atoms with Gasteiger partial charge in [-0.25, -0.2) is 13.4 Å². The zero-order valence-corrected chi connectivity index (χ0v) is 17.4. The normalized spacial score (nSPS) is 11.7. The van der Waals surface area contributed by atoms with Crippen molar-refractivity contribution in [2.45, 2.75) is 11.7 Å². The molecule has 0 radical (unpaired) electrons. The molecule has 29 heavy (non-hydrogen) atoms. The highest BCUT2D eigenvalue weighted by Gasteiger charge is 2.20. The van der Waals surface area contributed by atoms with E-state index in [-0.39, 0.29) is 5.16 Å². The molecule has 0 saturated carbocycles. The van der Waals surface area contributed by atoms with Crippen LogP contribution < -0.4 is 0 Å². The van der Waals surface area contributed by atoms with E-state index in [0.717, 1.165) is 28.5 Å². The predicted molar refractivity (Wildman–Crippen MR) is 119 cm³/mol. The van der Waals surface area contributed by atoms with E-state index in [9.17, 15) is 8.42 Å². The molecule has 3 aromatic carbocycles. The summed E-state index contributed by atoms with van der Waals surface area (Å²) in [5.41, 5.74) is 5.25. The van der Waals surface area contributed by atoms with Crippen LogP contribution in [0.25, 0.3) is 33.3 Å². The van der Waals surface area contributed by atoms with E-state index in [1.54, 1.807) is 16.7 Å². The minimum Gasteiger partial charge on any atom is -0.311 e. The molecular formula is C23H19ClN2O2S. The van der Waals surface area contributed by atoms with Gasteiger partial charge in [-0.05, 0) is 28.8 Å². The molecule has 0 aliphatic heterocycles. The molecule has 0 unspecified atom stereocenters. The largest absolute Gasteiger partial charge is 0.311 e. The van der Waals surface area contributed by atoms with Crippen LogP contribution in [0, 0.1) is 0 Å². The van der Waals surface area contributed by atoms with Crippen molar-refractivity contribution in [1.29, 1.82) is 0 Å². The van der Waals surface area contributed by atoms with Crippen molar-refractivity contribution in [1.82, 2.24) is 9.55 Å². The lowest BCUT2D eigenvalue weighted by Gasteiger charge is -2.08. The fraction of sp³-hybridized carbons (Fsp3) is 0.0870. The molecule has 1 aromatic heterocycles. The van der Waals surface area contributed by atoms with E-state index in [1.807, 2.05) is 48.5 Å². The number of halogens is 1. The van der Waals surface area contributed by atoms with E-state index < -0.39 is 9.84 Å². The lowest BCUT2D eigenvalue weighted by Crippen LogP contribution is -2.08. The molecule has 0 spiro atoms. The molecule has 4 nitrogen and oxygen atoms in total.